The highest BCUT2D eigenvalue weighted by atomic mass is 16.6. The zero-order valence-corrected chi connectivity index (χ0v) is 17.1. The van der Waals surface area contributed by atoms with E-state index >= 15 is 0 Å². The molecule has 0 unspecified atom stereocenters. The third-order valence-corrected chi connectivity index (χ3v) is 4.18. The van der Waals surface area contributed by atoms with Crippen LogP contribution in [0.4, 0.5) is 5.69 Å². The molecule has 0 atom stereocenters. The van der Waals surface area contributed by atoms with E-state index in [2.05, 4.69) is 20.7 Å². The van der Waals surface area contributed by atoms with Gasteiger partial charge in [0.15, 0.2) is 6.61 Å². The fourth-order valence-electron chi connectivity index (χ4n) is 2.66. The molecule has 1 amide bonds. The van der Waals surface area contributed by atoms with Gasteiger partial charge in [0.2, 0.25) is 11.7 Å². The van der Waals surface area contributed by atoms with Crippen LogP contribution in [0.5, 0.6) is 5.75 Å². The van der Waals surface area contributed by atoms with Crippen molar-refractivity contribution in [3.8, 4) is 17.1 Å². The average molecular weight is 409 g/mol. The highest BCUT2D eigenvalue weighted by molar-refractivity contribution is 5.91. The smallest absolute Gasteiger partial charge is 0.344 e. The number of hydrogen-bond donors (Lipinski definition) is 1. The largest absolute Gasteiger partial charge is 0.482 e. The molecule has 0 saturated carbocycles. The molecule has 0 aliphatic heterocycles. The molecule has 3 aromatic rings. The zero-order chi connectivity index (χ0) is 21.5. The van der Waals surface area contributed by atoms with Crippen molar-refractivity contribution in [2.75, 3.05) is 18.5 Å². The Balaban J connectivity index is 1.58. The number of carbonyl (C=O) groups is 2. The van der Waals surface area contributed by atoms with Crippen LogP contribution < -0.4 is 10.1 Å². The summed E-state index contributed by atoms with van der Waals surface area (Å²) in [5.74, 6) is 0.235. The summed E-state index contributed by atoms with van der Waals surface area (Å²) in [7, 11) is 0. The number of esters is 1. The van der Waals surface area contributed by atoms with Gasteiger partial charge in [0.1, 0.15) is 12.3 Å². The fourth-order valence-corrected chi connectivity index (χ4v) is 2.66. The normalized spacial score (nSPS) is 10.5. The van der Waals surface area contributed by atoms with Crippen LogP contribution in [-0.2, 0) is 20.9 Å². The van der Waals surface area contributed by atoms with Crippen molar-refractivity contribution in [1.82, 2.24) is 20.2 Å². The Bertz CT molecular complexity index is 1030. The minimum Gasteiger partial charge on any atom is -0.482 e. The zero-order valence-electron chi connectivity index (χ0n) is 17.1. The molecule has 1 N–H and O–H groups in total. The summed E-state index contributed by atoms with van der Waals surface area (Å²) in [6.07, 6.45) is 0. The van der Waals surface area contributed by atoms with Gasteiger partial charge >= 0.3 is 5.97 Å². The molecule has 9 nitrogen and oxygen atoms in total. The van der Waals surface area contributed by atoms with Gasteiger partial charge in [-0.1, -0.05) is 12.1 Å². The standard InChI is InChI=1S/C21H23N5O4/c1-4-29-20(28)13-30-17-9-7-16(8-10-17)21-23-25-26(24-21)12-19(27)22-18-11-14(2)5-6-15(18)3/h5-11H,4,12-13H2,1-3H3,(H,22,27). The van der Waals surface area contributed by atoms with Crippen LogP contribution in [0.25, 0.3) is 11.4 Å². The van der Waals surface area contributed by atoms with E-state index in [1.54, 1.807) is 31.2 Å². The average Bonchev–Trinajstić information content (AvgIpc) is 3.18. The van der Waals surface area contributed by atoms with Crippen molar-refractivity contribution in [2.45, 2.75) is 27.3 Å². The lowest BCUT2D eigenvalue weighted by Crippen LogP contribution is -2.21. The third-order valence-electron chi connectivity index (χ3n) is 4.18. The van der Waals surface area contributed by atoms with E-state index in [-0.39, 0.29) is 19.1 Å². The van der Waals surface area contributed by atoms with Crippen LogP contribution in [-0.4, -0.2) is 45.3 Å². The molecular formula is C21H23N5O4. The number of aromatic nitrogens is 4. The Kier molecular flexibility index (Phi) is 6.74. The Morgan fingerprint density at radius 2 is 1.87 bits per heavy atom. The van der Waals surface area contributed by atoms with E-state index in [9.17, 15) is 9.59 Å². The quantitative estimate of drug-likeness (QED) is 0.570. The lowest BCUT2D eigenvalue weighted by atomic mass is 10.1. The van der Waals surface area contributed by atoms with Crippen LogP contribution in [0.3, 0.4) is 0 Å². The number of aryl methyl sites for hydroxylation is 2. The Labute approximate surface area is 174 Å². The van der Waals surface area contributed by atoms with E-state index in [0.29, 0.717) is 23.7 Å². The highest BCUT2D eigenvalue weighted by Crippen LogP contribution is 2.19. The first-order valence-corrected chi connectivity index (χ1v) is 9.48. The van der Waals surface area contributed by atoms with Gasteiger partial charge in [0, 0.05) is 11.3 Å². The molecule has 0 saturated heterocycles. The highest BCUT2D eigenvalue weighted by Gasteiger charge is 2.11. The maximum atomic E-state index is 12.3. The summed E-state index contributed by atoms with van der Waals surface area (Å²) >= 11 is 0. The van der Waals surface area contributed by atoms with Crippen molar-refractivity contribution in [2.24, 2.45) is 0 Å². The second-order valence-electron chi connectivity index (χ2n) is 6.63. The molecule has 0 spiro atoms. The molecule has 0 aliphatic carbocycles. The Morgan fingerprint density at radius 1 is 1.10 bits per heavy atom. The summed E-state index contributed by atoms with van der Waals surface area (Å²) < 4.78 is 10.2. The second kappa shape index (κ2) is 9.64. The van der Waals surface area contributed by atoms with Gasteiger partial charge in [-0.2, -0.15) is 4.80 Å². The topological polar surface area (TPSA) is 108 Å². The number of anilines is 1. The van der Waals surface area contributed by atoms with E-state index < -0.39 is 5.97 Å². The van der Waals surface area contributed by atoms with Gasteiger partial charge in [0.25, 0.3) is 0 Å². The SMILES string of the molecule is CCOC(=O)COc1ccc(-c2nnn(CC(=O)Nc3cc(C)ccc3C)n2)cc1. The van der Waals surface area contributed by atoms with Crippen molar-refractivity contribution in [3.05, 3.63) is 53.6 Å². The number of benzene rings is 2. The summed E-state index contributed by atoms with van der Waals surface area (Å²) in [6, 6.07) is 12.8. The molecular weight excluding hydrogens is 386 g/mol. The number of ether oxygens (including phenoxy) is 2. The summed E-state index contributed by atoms with van der Waals surface area (Å²) in [5.41, 5.74) is 3.51. The molecule has 0 bridgehead atoms. The van der Waals surface area contributed by atoms with Gasteiger partial charge in [0.05, 0.1) is 6.61 Å². The van der Waals surface area contributed by atoms with Crippen LogP contribution >= 0.6 is 0 Å². The molecule has 30 heavy (non-hydrogen) atoms. The van der Waals surface area contributed by atoms with E-state index in [0.717, 1.165) is 16.8 Å². The number of nitrogens with zero attached hydrogens (tertiary/aromatic N) is 4. The predicted molar refractivity (Wildman–Crippen MR) is 110 cm³/mol. The summed E-state index contributed by atoms with van der Waals surface area (Å²) in [4.78, 5) is 24.9. The number of hydrogen-bond acceptors (Lipinski definition) is 7. The monoisotopic (exact) mass is 409 g/mol. The van der Waals surface area contributed by atoms with Gasteiger partial charge in [-0.05, 0) is 67.4 Å². The number of tetrazole rings is 1. The molecule has 1 aromatic heterocycles. The van der Waals surface area contributed by atoms with E-state index in [1.165, 1.54) is 4.80 Å². The number of rotatable bonds is 8. The minimum atomic E-state index is -0.426. The van der Waals surface area contributed by atoms with Gasteiger partial charge < -0.3 is 14.8 Å². The molecule has 3 rings (SSSR count). The van der Waals surface area contributed by atoms with E-state index in [4.69, 9.17) is 9.47 Å². The molecule has 0 aliphatic rings. The van der Waals surface area contributed by atoms with E-state index in [1.807, 2.05) is 32.0 Å². The number of amides is 1. The Hall–Kier alpha value is -3.75. The fraction of sp³-hybridized carbons (Fsp3) is 0.286. The predicted octanol–water partition coefficient (Wildman–Crippen LogP) is 2.54. The van der Waals surface area contributed by atoms with Crippen molar-refractivity contribution in [3.63, 3.8) is 0 Å². The summed E-state index contributed by atoms with van der Waals surface area (Å²) in [5, 5.41) is 15.0. The maximum absolute atomic E-state index is 12.3. The first-order valence-electron chi connectivity index (χ1n) is 9.48. The first-order chi connectivity index (χ1) is 14.4. The lowest BCUT2D eigenvalue weighted by Gasteiger charge is -2.08. The van der Waals surface area contributed by atoms with Crippen molar-refractivity contribution in [1.29, 1.82) is 0 Å². The molecule has 0 radical (unpaired) electrons. The molecule has 2 aromatic carbocycles. The van der Waals surface area contributed by atoms with Crippen LogP contribution in [0.15, 0.2) is 42.5 Å². The second-order valence-corrected chi connectivity index (χ2v) is 6.63. The molecule has 156 valence electrons. The van der Waals surface area contributed by atoms with Crippen molar-refractivity contribution >= 4 is 17.6 Å². The van der Waals surface area contributed by atoms with Gasteiger partial charge in [-0.3, -0.25) is 4.79 Å². The molecule has 0 fully saturated rings. The summed E-state index contributed by atoms with van der Waals surface area (Å²) in [6.45, 7) is 5.73. The van der Waals surface area contributed by atoms with Gasteiger partial charge in [-0.15, -0.1) is 10.2 Å². The minimum absolute atomic E-state index is 0.0544. The van der Waals surface area contributed by atoms with Crippen LogP contribution in [0, 0.1) is 13.8 Å². The maximum Gasteiger partial charge on any atom is 0.344 e. The third kappa shape index (κ3) is 5.63. The van der Waals surface area contributed by atoms with Gasteiger partial charge in [-0.25, -0.2) is 4.79 Å². The van der Waals surface area contributed by atoms with Crippen LogP contribution in [0.2, 0.25) is 0 Å². The number of carbonyl (C=O) groups excluding carboxylic acids is 2. The first kappa shape index (κ1) is 21.0. The molecule has 9 heteroatoms. The van der Waals surface area contributed by atoms with Crippen molar-refractivity contribution < 1.29 is 19.1 Å². The van der Waals surface area contributed by atoms with Crippen LogP contribution in [0.1, 0.15) is 18.1 Å². The lowest BCUT2D eigenvalue weighted by molar-refractivity contribution is -0.145. The Morgan fingerprint density at radius 3 is 2.60 bits per heavy atom. The number of nitrogens with one attached hydrogen (secondary N) is 1. The molecule has 1 heterocycles.